The smallest absolute Gasteiger partial charge is 0.186 e. The van der Waals surface area contributed by atoms with Crippen molar-refractivity contribution in [3.8, 4) is 0 Å². The zero-order valence-electron chi connectivity index (χ0n) is 20.7. The highest BCUT2D eigenvalue weighted by Crippen LogP contribution is 2.72. The summed E-state index contributed by atoms with van der Waals surface area (Å²) in [5.74, 6) is 1.33. The maximum atomic E-state index is 12.8. The first-order chi connectivity index (χ1) is 15.9. The monoisotopic (exact) mass is 482 g/mol. The first-order valence-corrected chi connectivity index (χ1v) is 13.0. The van der Waals surface area contributed by atoms with Crippen molar-refractivity contribution >= 4 is 5.78 Å². The fourth-order valence-corrected chi connectivity index (χ4v) is 9.46. The number of fused-ring (bicyclic) bond motifs is 3. The molecule has 1 heterocycles. The van der Waals surface area contributed by atoms with Crippen LogP contribution in [0.15, 0.2) is 0 Å². The molecule has 0 amide bonds. The molecule has 2 bridgehead atoms. The number of aliphatic hydroxyl groups excluding tert-OH is 4. The summed E-state index contributed by atoms with van der Waals surface area (Å²) in [5.41, 5.74) is -1.14. The lowest BCUT2D eigenvalue weighted by molar-refractivity contribution is -0.310. The SMILES string of the molecule is CC1(C)CC(=O)C[C@]2(C)[C@@H]1CC[C@@]13C[C@@H](CC[C@H]12)[C@@](O)(CO[C@@H]1O[C@H](CO)[C@@H](O)[C@H](O)[C@H]1O)C3. The second kappa shape index (κ2) is 8.20. The number of hydrogen-bond acceptors (Lipinski definition) is 8. The zero-order chi connectivity index (χ0) is 24.7. The minimum Gasteiger partial charge on any atom is -0.394 e. The van der Waals surface area contributed by atoms with E-state index in [4.69, 9.17) is 9.47 Å². The Morgan fingerprint density at radius 2 is 1.74 bits per heavy atom. The maximum Gasteiger partial charge on any atom is 0.186 e. The van der Waals surface area contributed by atoms with Crippen molar-refractivity contribution < 1.29 is 39.8 Å². The van der Waals surface area contributed by atoms with E-state index in [1.54, 1.807) is 0 Å². The van der Waals surface area contributed by atoms with E-state index in [0.29, 0.717) is 36.9 Å². The molecule has 5 N–H and O–H groups in total. The molecule has 0 radical (unpaired) electrons. The van der Waals surface area contributed by atoms with Gasteiger partial charge in [-0.2, -0.15) is 0 Å². The van der Waals surface area contributed by atoms with E-state index >= 15 is 0 Å². The first-order valence-electron chi connectivity index (χ1n) is 13.0. The molecule has 1 aliphatic heterocycles. The molecule has 1 saturated heterocycles. The number of ether oxygens (including phenoxy) is 2. The van der Waals surface area contributed by atoms with Gasteiger partial charge in [-0.3, -0.25) is 4.79 Å². The Kier molecular flexibility index (Phi) is 6.04. The quantitative estimate of drug-likeness (QED) is 0.402. The van der Waals surface area contributed by atoms with Crippen LogP contribution in [0.5, 0.6) is 0 Å². The van der Waals surface area contributed by atoms with Crippen LogP contribution in [-0.4, -0.2) is 80.8 Å². The maximum absolute atomic E-state index is 12.8. The van der Waals surface area contributed by atoms with E-state index < -0.39 is 42.9 Å². The summed E-state index contributed by atoms with van der Waals surface area (Å²) in [6.07, 6.45) is 0.129. The summed E-state index contributed by atoms with van der Waals surface area (Å²) in [6, 6.07) is 0. The highest BCUT2D eigenvalue weighted by molar-refractivity contribution is 5.81. The summed E-state index contributed by atoms with van der Waals surface area (Å²) >= 11 is 0. The van der Waals surface area contributed by atoms with Gasteiger partial charge in [0.15, 0.2) is 6.29 Å². The average Bonchev–Trinajstić information content (AvgIpc) is 2.95. The molecule has 5 fully saturated rings. The number of ketones is 1. The van der Waals surface area contributed by atoms with Crippen molar-refractivity contribution in [2.75, 3.05) is 13.2 Å². The summed E-state index contributed by atoms with van der Waals surface area (Å²) in [7, 11) is 0. The van der Waals surface area contributed by atoms with Crippen LogP contribution < -0.4 is 0 Å². The van der Waals surface area contributed by atoms with E-state index in [1.807, 2.05) is 0 Å². The lowest BCUT2D eigenvalue weighted by Gasteiger charge is -2.63. The van der Waals surface area contributed by atoms with Crippen molar-refractivity contribution in [2.45, 2.75) is 108 Å². The molecule has 11 atom stereocenters. The average molecular weight is 483 g/mol. The third-order valence-electron chi connectivity index (χ3n) is 10.7. The second-order valence-electron chi connectivity index (χ2n) is 13.2. The van der Waals surface area contributed by atoms with E-state index in [0.717, 1.165) is 32.1 Å². The van der Waals surface area contributed by atoms with Crippen molar-refractivity contribution in [2.24, 2.45) is 34.0 Å². The molecule has 1 spiro atoms. The molecule has 0 aromatic heterocycles. The van der Waals surface area contributed by atoms with Gasteiger partial charge in [0.1, 0.15) is 30.2 Å². The van der Waals surface area contributed by atoms with Gasteiger partial charge in [0.25, 0.3) is 0 Å². The van der Waals surface area contributed by atoms with E-state index in [1.165, 1.54) is 0 Å². The molecule has 0 aromatic rings. The van der Waals surface area contributed by atoms with Gasteiger partial charge in [-0.15, -0.1) is 0 Å². The van der Waals surface area contributed by atoms with Gasteiger partial charge in [0.2, 0.25) is 0 Å². The standard InChI is InChI=1S/C26H42O8/c1-23(2)9-15(28)10-24(3)17(23)6-7-25-8-14(4-5-18(24)25)26(32,12-25)13-33-22-21(31)20(30)19(29)16(11-27)34-22/h14,16-22,27,29-32H,4-13H2,1-3H3/t14-,16-,17-,18+,19-,20+,21-,22-,24-,25+,26+/m1/s1. The van der Waals surface area contributed by atoms with Crippen LogP contribution in [0.25, 0.3) is 0 Å². The molecule has 34 heavy (non-hydrogen) atoms. The van der Waals surface area contributed by atoms with Gasteiger partial charge in [0.05, 0.1) is 18.8 Å². The van der Waals surface area contributed by atoms with Gasteiger partial charge in [-0.25, -0.2) is 0 Å². The number of hydrogen-bond donors (Lipinski definition) is 5. The molecule has 4 aliphatic carbocycles. The molecule has 0 aromatic carbocycles. The zero-order valence-corrected chi connectivity index (χ0v) is 20.7. The van der Waals surface area contributed by atoms with Crippen molar-refractivity contribution in [1.82, 2.24) is 0 Å². The Balaban J connectivity index is 1.33. The summed E-state index contributed by atoms with van der Waals surface area (Å²) in [5, 5.41) is 51.6. The Morgan fingerprint density at radius 1 is 1.00 bits per heavy atom. The van der Waals surface area contributed by atoms with Gasteiger partial charge in [0, 0.05) is 12.8 Å². The normalized spacial score (nSPS) is 54.4. The van der Waals surface area contributed by atoms with Crippen molar-refractivity contribution in [3.63, 3.8) is 0 Å². The third kappa shape index (κ3) is 3.63. The Morgan fingerprint density at radius 3 is 2.44 bits per heavy atom. The Labute approximate surface area is 201 Å². The molecular weight excluding hydrogens is 440 g/mol. The van der Waals surface area contributed by atoms with Gasteiger partial charge in [-0.1, -0.05) is 20.8 Å². The molecular formula is C26H42O8. The number of Topliss-reactive ketones (excluding diaryl/α,β-unsaturated/α-hetero) is 1. The van der Waals surface area contributed by atoms with Crippen LogP contribution in [0.1, 0.15) is 72.1 Å². The third-order valence-corrected chi connectivity index (χ3v) is 10.7. The van der Waals surface area contributed by atoms with Crippen LogP contribution in [0.4, 0.5) is 0 Å². The minimum absolute atomic E-state index is 0.00364. The van der Waals surface area contributed by atoms with Gasteiger partial charge >= 0.3 is 0 Å². The van der Waals surface area contributed by atoms with Crippen LogP contribution in [0, 0.1) is 34.0 Å². The molecule has 8 nitrogen and oxygen atoms in total. The number of rotatable bonds is 4. The van der Waals surface area contributed by atoms with Crippen molar-refractivity contribution in [1.29, 1.82) is 0 Å². The second-order valence-corrected chi connectivity index (χ2v) is 13.2. The summed E-state index contributed by atoms with van der Waals surface area (Å²) in [4.78, 5) is 12.8. The molecule has 8 heteroatoms. The topological polar surface area (TPSA) is 137 Å². The van der Waals surface area contributed by atoms with E-state index in [9.17, 15) is 30.3 Å². The molecule has 0 unspecified atom stereocenters. The Bertz CT molecular complexity index is 815. The lowest BCUT2D eigenvalue weighted by atomic mass is 9.41. The number of carbonyl (C=O) groups is 1. The predicted octanol–water partition coefficient (Wildman–Crippen LogP) is 1.15. The largest absolute Gasteiger partial charge is 0.394 e. The molecule has 194 valence electrons. The van der Waals surface area contributed by atoms with Crippen LogP contribution in [0.3, 0.4) is 0 Å². The highest BCUT2D eigenvalue weighted by Gasteiger charge is 2.68. The van der Waals surface area contributed by atoms with Gasteiger partial charge < -0.3 is 35.0 Å². The van der Waals surface area contributed by atoms with Crippen LogP contribution in [-0.2, 0) is 14.3 Å². The predicted molar refractivity (Wildman–Crippen MR) is 121 cm³/mol. The van der Waals surface area contributed by atoms with E-state index in [2.05, 4.69) is 20.8 Å². The number of carbonyl (C=O) groups excluding carboxylic acids is 1. The fourth-order valence-electron chi connectivity index (χ4n) is 9.46. The van der Waals surface area contributed by atoms with E-state index in [-0.39, 0.29) is 28.8 Å². The van der Waals surface area contributed by atoms with Gasteiger partial charge in [-0.05, 0) is 72.5 Å². The van der Waals surface area contributed by atoms with Crippen LogP contribution in [0.2, 0.25) is 0 Å². The summed E-state index contributed by atoms with van der Waals surface area (Å²) in [6.45, 7) is 6.26. The molecule has 5 rings (SSSR count). The summed E-state index contributed by atoms with van der Waals surface area (Å²) < 4.78 is 11.3. The minimum atomic E-state index is -1.50. The van der Waals surface area contributed by atoms with Crippen molar-refractivity contribution in [3.05, 3.63) is 0 Å². The van der Waals surface area contributed by atoms with Crippen LogP contribution >= 0.6 is 0 Å². The lowest BCUT2D eigenvalue weighted by Crippen LogP contribution is -2.59. The number of aliphatic hydroxyl groups is 5. The Hall–Kier alpha value is -0.610. The fraction of sp³-hybridized carbons (Fsp3) is 0.962. The molecule has 5 aliphatic rings. The first kappa shape index (κ1) is 25.1. The molecule has 4 saturated carbocycles. The highest BCUT2D eigenvalue weighted by atomic mass is 16.7.